The minimum atomic E-state index is -3.72. The maximum atomic E-state index is 11.3. The molecular formula is C10H14N2O3S. The fraction of sp³-hybridized carbons (Fsp3) is 0.300. The second kappa shape index (κ2) is 5.09. The lowest BCUT2D eigenvalue weighted by molar-refractivity contribution is -0.116. The van der Waals surface area contributed by atoms with E-state index < -0.39 is 10.0 Å². The number of hydrogen-bond acceptors (Lipinski definition) is 3. The number of carbonyl (C=O) groups excluding carboxylic acids is 1. The van der Waals surface area contributed by atoms with Crippen LogP contribution in [0.1, 0.15) is 19.8 Å². The van der Waals surface area contributed by atoms with Crippen molar-refractivity contribution in [3.05, 3.63) is 24.3 Å². The van der Waals surface area contributed by atoms with Crippen molar-refractivity contribution >= 4 is 21.6 Å². The molecule has 0 atom stereocenters. The summed E-state index contributed by atoms with van der Waals surface area (Å²) in [5.41, 5.74) is 0.435. The highest BCUT2D eigenvalue weighted by molar-refractivity contribution is 7.89. The van der Waals surface area contributed by atoms with Gasteiger partial charge in [-0.05, 0) is 24.6 Å². The zero-order chi connectivity index (χ0) is 12.2. The van der Waals surface area contributed by atoms with Gasteiger partial charge >= 0.3 is 0 Å². The molecular weight excluding hydrogens is 228 g/mol. The van der Waals surface area contributed by atoms with Crippen molar-refractivity contribution in [2.24, 2.45) is 5.14 Å². The molecule has 0 radical (unpaired) electrons. The monoisotopic (exact) mass is 242 g/mol. The van der Waals surface area contributed by atoms with Gasteiger partial charge in [-0.3, -0.25) is 4.79 Å². The molecule has 0 heterocycles. The van der Waals surface area contributed by atoms with E-state index in [1.165, 1.54) is 18.2 Å². The molecule has 1 aromatic rings. The van der Waals surface area contributed by atoms with Crippen molar-refractivity contribution in [2.75, 3.05) is 5.32 Å². The highest BCUT2D eigenvalue weighted by Gasteiger charge is 2.08. The Morgan fingerprint density at radius 3 is 2.69 bits per heavy atom. The molecule has 0 aliphatic carbocycles. The Morgan fingerprint density at radius 1 is 1.44 bits per heavy atom. The molecule has 0 saturated heterocycles. The zero-order valence-corrected chi connectivity index (χ0v) is 9.75. The van der Waals surface area contributed by atoms with Crippen molar-refractivity contribution in [2.45, 2.75) is 24.7 Å². The van der Waals surface area contributed by atoms with Gasteiger partial charge in [-0.2, -0.15) is 0 Å². The maximum absolute atomic E-state index is 11.3. The van der Waals surface area contributed by atoms with Crippen LogP contribution in [-0.4, -0.2) is 14.3 Å². The fourth-order valence-electron chi connectivity index (χ4n) is 1.20. The second-order valence-corrected chi connectivity index (χ2v) is 4.93. The summed E-state index contributed by atoms with van der Waals surface area (Å²) in [4.78, 5) is 11.3. The Hall–Kier alpha value is -1.40. The Bertz CT molecular complexity index is 483. The molecule has 3 N–H and O–H groups in total. The van der Waals surface area contributed by atoms with Crippen LogP contribution >= 0.6 is 0 Å². The minimum absolute atomic E-state index is 0.0122. The number of benzene rings is 1. The third-order valence-electron chi connectivity index (χ3n) is 1.92. The van der Waals surface area contributed by atoms with Crippen molar-refractivity contribution in [3.63, 3.8) is 0 Å². The van der Waals surface area contributed by atoms with Crippen molar-refractivity contribution < 1.29 is 13.2 Å². The van der Waals surface area contributed by atoms with E-state index in [0.29, 0.717) is 12.1 Å². The molecule has 0 spiro atoms. The highest BCUT2D eigenvalue weighted by atomic mass is 32.2. The van der Waals surface area contributed by atoms with Gasteiger partial charge in [-0.15, -0.1) is 0 Å². The second-order valence-electron chi connectivity index (χ2n) is 3.37. The van der Waals surface area contributed by atoms with Crippen LogP contribution in [0.5, 0.6) is 0 Å². The van der Waals surface area contributed by atoms with E-state index in [0.717, 1.165) is 6.42 Å². The first-order chi connectivity index (χ1) is 7.43. The summed E-state index contributed by atoms with van der Waals surface area (Å²) < 4.78 is 22.1. The largest absolute Gasteiger partial charge is 0.326 e. The van der Waals surface area contributed by atoms with Gasteiger partial charge < -0.3 is 5.32 Å². The highest BCUT2D eigenvalue weighted by Crippen LogP contribution is 2.14. The third kappa shape index (κ3) is 3.63. The number of sulfonamides is 1. The smallest absolute Gasteiger partial charge is 0.238 e. The molecule has 1 aromatic carbocycles. The molecule has 1 rings (SSSR count). The van der Waals surface area contributed by atoms with Gasteiger partial charge in [0.1, 0.15) is 0 Å². The first kappa shape index (κ1) is 12.7. The van der Waals surface area contributed by atoms with E-state index in [4.69, 9.17) is 5.14 Å². The molecule has 16 heavy (non-hydrogen) atoms. The Balaban J connectivity index is 2.88. The van der Waals surface area contributed by atoms with Crippen LogP contribution in [0.25, 0.3) is 0 Å². The third-order valence-corrected chi connectivity index (χ3v) is 2.83. The van der Waals surface area contributed by atoms with E-state index >= 15 is 0 Å². The molecule has 0 aliphatic heterocycles. The number of primary sulfonamides is 1. The van der Waals surface area contributed by atoms with Crippen LogP contribution in [0.4, 0.5) is 5.69 Å². The number of hydrogen-bond donors (Lipinski definition) is 2. The van der Waals surface area contributed by atoms with Gasteiger partial charge in [0.25, 0.3) is 0 Å². The lowest BCUT2D eigenvalue weighted by Gasteiger charge is -2.05. The van der Waals surface area contributed by atoms with Gasteiger partial charge in [0.05, 0.1) is 4.90 Å². The van der Waals surface area contributed by atoms with Crippen LogP contribution in [-0.2, 0) is 14.8 Å². The van der Waals surface area contributed by atoms with E-state index in [1.54, 1.807) is 6.07 Å². The van der Waals surface area contributed by atoms with E-state index in [-0.39, 0.29) is 10.8 Å². The maximum Gasteiger partial charge on any atom is 0.238 e. The molecule has 0 aliphatic rings. The van der Waals surface area contributed by atoms with Gasteiger partial charge in [-0.1, -0.05) is 13.0 Å². The minimum Gasteiger partial charge on any atom is -0.326 e. The summed E-state index contributed by atoms with van der Waals surface area (Å²) in [6.07, 6.45) is 1.14. The summed E-state index contributed by atoms with van der Waals surface area (Å²) in [6, 6.07) is 5.86. The molecule has 5 nitrogen and oxygen atoms in total. The Kier molecular flexibility index (Phi) is 4.03. The van der Waals surface area contributed by atoms with Crippen LogP contribution < -0.4 is 10.5 Å². The molecule has 88 valence electrons. The van der Waals surface area contributed by atoms with E-state index in [9.17, 15) is 13.2 Å². The topological polar surface area (TPSA) is 89.3 Å². The van der Waals surface area contributed by atoms with Crippen LogP contribution in [0, 0.1) is 0 Å². The standard InChI is InChI=1S/C10H14N2O3S/c1-2-4-10(13)12-8-5-3-6-9(7-8)16(11,14)15/h3,5-7H,2,4H2,1H3,(H,12,13)(H2,11,14,15). The summed E-state index contributed by atoms with van der Waals surface area (Å²) in [5.74, 6) is -0.144. The lowest BCUT2D eigenvalue weighted by atomic mass is 10.3. The normalized spacial score (nSPS) is 11.1. The Labute approximate surface area is 94.7 Å². The van der Waals surface area contributed by atoms with Gasteiger partial charge in [0.2, 0.25) is 15.9 Å². The van der Waals surface area contributed by atoms with Gasteiger partial charge in [-0.25, -0.2) is 13.6 Å². The summed E-state index contributed by atoms with van der Waals surface area (Å²) in [5, 5.41) is 7.57. The molecule has 0 fully saturated rings. The molecule has 1 amide bonds. The number of nitrogens with one attached hydrogen (secondary N) is 1. The number of nitrogens with two attached hydrogens (primary N) is 1. The predicted octanol–water partition coefficient (Wildman–Crippen LogP) is 1.07. The zero-order valence-electron chi connectivity index (χ0n) is 8.93. The molecule has 0 aromatic heterocycles. The average molecular weight is 242 g/mol. The van der Waals surface area contributed by atoms with Gasteiger partial charge in [0, 0.05) is 12.1 Å². The van der Waals surface area contributed by atoms with Crippen LogP contribution in [0.3, 0.4) is 0 Å². The quantitative estimate of drug-likeness (QED) is 0.827. The summed E-state index contributed by atoms with van der Waals surface area (Å²) in [6.45, 7) is 1.89. The Morgan fingerprint density at radius 2 is 2.12 bits per heavy atom. The van der Waals surface area contributed by atoms with Crippen molar-refractivity contribution in [3.8, 4) is 0 Å². The lowest BCUT2D eigenvalue weighted by Crippen LogP contribution is -2.14. The van der Waals surface area contributed by atoms with E-state index in [1.807, 2.05) is 6.92 Å². The number of anilines is 1. The molecule has 0 bridgehead atoms. The molecule has 0 saturated carbocycles. The number of amides is 1. The average Bonchev–Trinajstić information content (AvgIpc) is 2.17. The van der Waals surface area contributed by atoms with Crippen molar-refractivity contribution in [1.82, 2.24) is 0 Å². The summed E-state index contributed by atoms with van der Waals surface area (Å²) in [7, 11) is -3.72. The van der Waals surface area contributed by atoms with Crippen LogP contribution in [0.15, 0.2) is 29.2 Å². The summed E-state index contributed by atoms with van der Waals surface area (Å²) >= 11 is 0. The first-order valence-corrected chi connectivity index (χ1v) is 6.41. The SMILES string of the molecule is CCCC(=O)Nc1cccc(S(N)(=O)=O)c1. The van der Waals surface area contributed by atoms with Gasteiger partial charge in [0.15, 0.2) is 0 Å². The van der Waals surface area contributed by atoms with Crippen LogP contribution in [0.2, 0.25) is 0 Å². The molecule has 6 heteroatoms. The van der Waals surface area contributed by atoms with E-state index in [2.05, 4.69) is 5.32 Å². The number of carbonyl (C=O) groups is 1. The first-order valence-electron chi connectivity index (χ1n) is 4.86. The fourth-order valence-corrected chi connectivity index (χ4v) is 1.76. The van der Waals surface area contributed by atoms with Crippen molar-refractivity contribution in [1.29, 1.82) is 0 Å². The number of rotatable bonds is 4. The molecule has 0 unspecified atom stereocenters. The predicted molar refractivity (Wildman–Crippen MR) is 61.4 cm³/mol.